The molecule has 0 aliphatic heterocycles. The standard InChI is InChI=1S/C39H41N5S.BrH/c1-29-7-16-34(17-8-29)43(35-18-9-30(2)10-19-35)36-20-13-32(14-21-36)37-22-15-33(38-39(37)41-45-40-38)12-11-31-23-26-42(27-24-31)25-6-28-44(3,4)5;/h7-24,26-27H,6,25,28H2,1-5H3;1H/q+2;. The zero-order valence-electron chi connectivity index (χ0n) is 27.2. The van der Waals surface area contributed by atoms with E-state index >= 15 is 0 Å². The van der Waals surface area contributed by atoms with Crippen molar-refractivity contribution in [3.05, 3.63) is 132 Å². The first-order chi connectivity index (χ1) is 21.7. The van der Waals surface area contributed by atoms with Gasteiger partial charge in [0.15, 0.2) is 18.9 Å². The lowest BCUT2D eigenvalue weighted by Gasteiger charge is -2.26. The summed E-state index contributed by atoms with van der Waals surface area (Å²) < 4.78 is 12.7. The second-order valence-electron chi connectivity index (χ2n) is 12.8. The Bertz CT molecular complexity index is 1860. The predicted octanol–water partition coefficient (Wildman–Crippen LogP) is 9.58. The zero-order valence-corrected chi connectivity index (χ0v) is 29.8. The number of hydrogen-bond acceptors (Lipinski definition) is 4. The molecule has 7 heteroatoms. The highest BCUT2D eigenvalue weighted by atomic mass is 79.9. The fourth-order valence-corrected chi connectivity index (χ4v) is 6.10. The van der Waals surface area contributed by atoms with Crippen molar-refractivity contribution in [2.45, 2.75) is 26.8 Å². The largest absolute Gasteiger partial charge is 0.331 e. The first-order valence-corrected chi connectivity index (χ1v) is 16.2. The van der Waals surface area contributed by atoms with Crippen LogP contribution in [-0.4, -0.2) is 40.9 Å². The lowest BCUT2D eigenvalue weighted by Crippen LogP contribution is -2.39. The zero-order chi connectivity index (χ0) is 31.4. The van der Waals surface area contributed by atoms with Crippen LogP contribution < -0.4 is 9.47 Å². The van der Waals surface area contributed by atoms with Gasteiger partial charge in [0.2, 0.25) is 0 Å². The summed E-state index contributed by atoms with van der Waals surface area (Å²) in [7, 11) is 6.72. The highest BCUT2D eigenvalue weighted by Gasteiger charge is 2.15. The molecule has 4 aromatic carbocycles. The maximum absolute atomic E-state index is 4.72. The van der Waals surface area contributed by atoms with E-state index in [4.69, 9.17) is 4.37 Å². The summed E-state index contributed by atoms with van der Waals surface area (Å²) in [6.45, 7) is 6.43. The first kappa shape index (κ1) is 33.2. The van der Waals surface area contributed by atoms with Crippen LogP contribution in [0.4, 0.5) is 17.1 Å². The molecule has 2 aromatic heterocycles. The number of fused-ring (bicyclic) bond motifs is 1. The van der Waals surface area contributed by atoms with Gasteiger partial charge in [-0.15, -0.1) is 17.0 Å². The van der Waals surface area contributed by atoms with Gasteiger partial charge >= 0.3 is 0 Å². The van der Waals surface area contributed by atoms with Crippen molar-refractivity contribution in [1.29, 1.82) is 0 Å². The van der Waals surface area contributed by atoms with Crippen molar-refractivity contribution in [2.75, 3.05) is 32.6 Å². The van der Waals surface area contributed by atoms with Crippen molar-refractivity contribution in [3.8, 4) is 11.1 Å². The molecule has 5 nitrogen and oxygen atoms in total. The Labute approximate surface area is 287 Å². The van der Waals surface area contributed by atoms with Crippen molar-refractivity contribution in [3.63, 3.8) is 0 Å². The molecule has 0 fully saturated rings. The topological polar surface area (TPSA) is 32.9 Å². The number of anilines is 3. The smallest absolute Gasteiger partial charge is 0.169 e. The van der Waals surface area contributed by atoms with Gasteiger partial charge in [0.1, 0.15) is 11.0 Å². The van der Waals surface area contributed by atoms with Crippen LogP contribution in [0.15, 0.2) is 109 Å². The highest BCUT2D eigenvalue weighted by Crippen LogP contribution is 2.37. The van der Waals surface area contributed by atoms with E-state index in [-0.39, 0.29) is 17.0 Å². The lowest BCUT2D eigenvalue weighted by atomic mass is 10.0. The third-order valence-electron chi connectivity index (χ3n) is 8.09. The second-order valence-corrected chi connectivity index (χ2v) is 13.3. The number of aryl methyl sites for hydroxylation is 3. The highest BCUT2D eigenvalue weighted by molar-refractivity contribution is 8.93. The molecule has 0 aliphatic rings. The number of halogens is 1. The fraction of sp³-hybridized carbons (Fsp3) is 0.205. The van der Waals surface area contributed by atoms with Crippen LogP contribution in [0, 0.1) is 13.8 Å². The van der Waals surface area contributed by atoms with Crippen molar-refractivity contribution >= 4 is 69.0 Å². The van der Waals surface area contributed by atoms with Gasteiger partial charge in [0.25, 0.3) is 0 Å². The van der Waals surface area contributed by atoms with Gasteiger partial charge in [-0.2, -0.15) is 8.75 Å². The second kappa shape index (κ2) is 14.5. The SMILES string of the molecule is Br.Cc1ccc(N(c2ccc(C)cc2)c2ccc(-c3ccc(C=Cc4cc[n+](CCC[N+](C)(C)C)cc4)c4nsnc34)cc2)cc1. The fourth-order valence-electron chi connectivity index (χ4n) is 5.52. The third kappa shape index (κ3) is 7.97. The molecule has 0 bridgehead atoms. The van der Waals surface area contributed by atoms with Crippen molar-refractivity contribution < 1.29 is 9.05 Å². The first-order valence-electron chi connectivity index (χ1n) is 15.5. The predicted molar refractivity (Wildman–Crippen MR) is 200 cm³/mol. The van der Waals surface area contributed by atoms with Crippen LogP contribution in [0.5, 0.6) is 0 Å². The van der Waals surface area contributed by atoms with Gasteiger partial charge in [0.05, 0.1) is 45.8 Å². The number of pyridine rings is 1. The van der Waals surface area contributed by atoms with Gasteiger partial charge in [-0.3, -0.25) is 0 Å². The summed E-state index contributed by atoms with van der Waals surface area (Å²) in [5.74, 6) is 0. The maximum atomic E-state index is 4.72. The van der Waals surface area contributed by atoms with Crippen LogP contribution in [0.3, 0.4) is 0 Å². The Morgan fingerprint density at radius 1 is 0.674 bits per heavy atom. The molecule has 0 saturated heterocycles. The monoisotopic (exact) mass is 691 g/mol. The van der Waals surface area contributed by atoms with Crippen LogP contribution in [0.25, 0.3) is 34.3 Å². The minimum atomic E-state index is 0. The lowest BCUT2D eigenvalue weighted by molar-refractivity contribution is -0.873. The molecule has 0 unspecified atom stereocenters. The molecule has 0 aliphatic carbocycles. The average molecular weight is 693 g/mol. The normalized spacial score (nSPS) is 11.6. The number of quaternary nitrogens is 1. The Morgan fingerprint density at radius 3 is 1.78 bits per heavy atom. The van der Waals surface area contributed by atoms with E-state index in [0.717, 1.165) is 68.8 Å². The van der Waals surface area contributed by atoms with E-state index in [1.807, 2.05) is 0 Å². The number of aromatic nitrogens is 3. The summed E-state index contributed by atoms with van der Waals surface area (Å²) in [6.07, 6.45) is 9.80. The molecule has 0 N–H and O–H groups in total. The molecule has 0 atom stereocenters. The summed E-state index contributed by atoms with van der Waals surface area (Å²) in [5.41, 5.74) is 12.2. The van der Waals surface area contributed by atoms with E-state index in [9.17, 15) is 0 Å². The molecule has 0 amide bonds. The van der Waals surface area contributed by atoms with Gasteiger partial charge in [-0.25, -0.2) is 4.57 Å². The molecular formula is C39H42BrN5S+2. The van der Waals surface area contributed by atoms with Gasteiger partial charge in [-0.05, 0) is 61.4 Å². The molecule has 234 valence electrons. The van der Waals surface area contributed by atoms with Gasteiger partial charge < -0.3 is 9.38 Å². The number of rotatable bonds is 10. The van der Waals surface area contributed by atoms with E-state index in [1.54, 1.807) is 0 Å². The maximum Gasteiger partial charge on any atom is 0.169 e. The van der Waals surface area contributed by atoms with E-state index in [0.29, 0.717) is 0 Å². The van der Waals surface area contributed by atoms with E-state index in [1.165, 1.54) is 28.4 Å². The summed E-state index contributed by atoms with van der Waals surface area (Å²) >= 11 is 1.27. The Hall–Kier alpha value is -4.17. The summed E-state index contributed by atoms with van der Waals surface area (Å²) in [5, 5.41) is 0. The molecule has 6 rings (SSSR count). The summed E-state index contributed by atoms with van der Waals surface area (Å²) in [6, 6.07) is 34.8. The van der Waals surface area contributed by atoms with Gasteiger partial charge in [-0.1, -0.05) is 71.8 Å². The van der Waals surface area contributed by atoms with Crippen LogP contribution in [0.1, 0.15) is 28.7 Å². The van der Waals surface area contributed by atoms with Crippen LogP contribution in [-0.2, 0) is 6.54 Å². The number of hydrogen-bond donors (Lipinski definition) is 0. The molecule has 0 saturated carbocycles. The molecule has 2 heterocycles. The van der Waals surface area contributed by atoms with Crippen LogP contribution >= 0.6 is 28.7 Å². The Balaban J connectivity index is 0.00000417. The molecule has 6 aromatic rings. The van der Waals surface area contributed by atoms with Crippen molar-refractivity contribution in [1.82, 2.24) is 8.75 Å². The van der Waals surface area contributed by atoms with Crippen molar-refractivity contribution in [2.24, 2.45) is 0 Å². The number of benzene rings is 4. The average Bonchev–Trinajstić information content (AvgIpc) is 3.53. The quantitative estimate of drug-likeness (QED) is 0.106. The van der Waals surface area contributed by atoms with Gasteiger partial charge in [0, 0.05) is 40.3 Å². The van der Waals surface area contributed by atoms with E-state index < -0.39 is 0 Å². The number of nitrogens with zero attached hydrogens (tertiary/aromatic N) is 5. The third-order valence-corrected chi connectivity index (χ3v) is 8.61. The molecule has 0 spiro atoms. The summed E-state index contributed by atoms with van der Waals surface area (Å²) in [4.78, 5) is 2.30. The minimum absolute atomic E-state index is 0. The molecular weight excluding hydrogens is 650 g/mol. The molecule has 0 radical (unpaired) electrons. The van der Waals surface area contributed by atoms with Crippen LogP contribution in [0.2, 0.25) is 0 Å². The minimum Gasteiger partial charge on any atom is -0.331 e. The molecule has 46 heavy (non-hydrogen) atoms. The Morgan fingerprint density at radius 2 is 1.22 bits per heavy atom. The Kier molecular flexibility index (Phi) is 10.5. The van der Waals surface area contributed by atoms with E-state index in [2.05, 4.69) is 170 Å².